The van der Waals surface area contributed by atoms with Gasteiger partial charge in [0.25, 0.3) is 6.43 Å². The molecule has 150 valence electrons. The van der Waals surface area contributed by atoms with E-state index >= 15 is 0 Å². The van der Waals surface area contributed by atoms with E-state index < -0.39 is 6.43 Å². The standard InChI is InChI=1S/C22H33F2N3/c1-16(2)19(15-21(25-4)27-10-8-26-9-11-27)7-5-6-18-12-17(3)13-20(14-18)22(23)24/h12-16,22,26H,5-11H2,1-4H3/b19-15+,25-21?. The average Bonchev–Trinajstić information content (AvgIpc) is 2.64. The van der Waals surface area contributed by atoms with Crippen molar-refractivity contribution in [3.05, 3.63) is 46.5 Å². The van der Waals surface area contributed by atoms with Crippen LogP contribution in [0.5, 0.6) is 0 Å². The number of halogens is 2. The molecule has 0 bridgehead atoms. The molecule has 0 unspecified atom stereocenters. The molecule has 1 fully saturated rings. The number of alkyl halides is 2. The van der Waals surface area contributed by atoms with E-state index in [-0.39, 0.29) is 5.56 Å². The molecular formula is C22H33F2N3. The van der Waals surface area contributed by atoms with Crippen molar-refractivity contribution in [2.75, 3.05) is 33.2 Å². The molecule has 27 heavy (non-hydrogen) atoms. The van der Waals surface area contributed by atoms with Crippen LogP contribution in [0.1, 0.15) is 49.8 Å². The van der Waals surface area contributed by atoms with Gasteiger partial charge in [0, 0.05) is 38.8 Å². The summed E-state index contributed by atoms with van der Waals surface area (Å²) < 4.78 is 26.0. The zero-order valence-electron chi connectivity index (χ0n) is 17.1. The molecule has 1 aliphatic heterocycles. The minimum Gasteiger partial charge on any atom is -0.354 e. The van der Waals surface area contributed by atoms with Gasteiger partial charge in [-0.1, -0.05) is 43.2 Å². The minimum absolute atomic E-state index is 0.128. The number of nitrogens with one attached hydrogen (secondary N) is 1. The van der Waals surface area contributed by atoms with E-state index in [9.17, 15) is 8.78 Å². The quantitative estimate of drug-likeness (QED) is 0.547. The lowest BCUT2D eigenvalue weighted by Gasteiger charge is -2.29. The minimum atomic E-state index is -2.41. The summed E-state index contributed by atoms with van der Waals surface area (Å²) in [5.74, 6) is 1.49. The van der Waals surface area contributed by atoms with Gasteiger partial charge in [0.05, 0.1) is 0 Å². The summed E-state index contributed by atoms with van der Waals surface area (Å²) >= 11 is 0. The van der Waals surface area contributed by atoms with Gasteiger partial charge < -0.3 is 10.2 Å². The predicted molar refractivity (Wildman–Crippen MR) is 110 cm³/mol. The van der Waals surface area contributed by atoms with Crippen LogP contribution in [0.4, 0.5) is 8.78 Å². The summed E-state index contributed by atoms with van der Waals surface area (Å²) in [6, 6.07) is 5.24. The molecule has 0 spiro atoms. The smallest absolute Gasteiger partial charge is 0.263 e. The van der Waals surface area contributed by atoms with Crippen molar-refractivity contribution >= 4 is 5.84 Å². The second kappa shape index (κ2) is 10.5. The fourth-order valence-corrected chi connectivity index (χ4v) is 3.55. The lowest BCUT2D eigenvalue weighted by Crippen LogP contribution is -2.46. The van der Waals surface area contributed by atoms with Crippen LogP contribution >= 0.6 is 0 Å². The van der Waals surface area contributed by atoms with Crippen molar-refractivity contribution in [3.63, 3.8) is 0 Å². The van der Waals surface area contributed by atoms with E-state index in [2.05, 4.69) is 35.1 Å². The number of hydrogen-bond acceptors (Lipinski definition) is 2. The highest BCUT2D eigenvalue weighted by Gasteiger charge is 2.14. The van der Waals surface area contributed by atoms with Gasteiger partial charge in [-0.25, -0.2) is 8.78 Å². The molecule has 0 atom stereocenters. The van der Waals surface area contributed by atoms with Gasteiger partial charge in [0.15, 0.2) is 0 Å². The van der Waals surface area contributed by atoms with E-state index in [1.807, 2.05) is 20.0 Å². The number of amidine groups is 1. The summed E-state index contributed by atoms with van der Waals surface area (Å²) in [4.78, 5) is 6.83. The second-order valence-corrected chi connectivity index (χ2v) is 7.60. The molecular weight excluding hydrogens is 344 g/mol. The molecule has 1 aromatic carbocycles. The second-order valence-electron chi connectivity index (χ2n) is 7.60. The maximum absolute atomic E-state index is 13.0. The van der Waals surface area contributed by atoms with Crippen LogP contribution < -0.4 is 5.32 Å². The van der Waals surface area contributed by atoms with E-state index in [0.29, 0.717) is 5.92 Å². The molecule has 3 nitrogen and oxygen atoms in total. The molecule has 0 saturated carbocycles. The lowest BCUT2D eigenvalue weighted by molar-refractivity contribution is 0.151. The van der Waals surface area contributed by atoms with Gasteiger partial charge in [0.1, 0.15) is 5.84 Å². The molecule has 1 saturated heterocycles. The Morgan fingerprint density at radius 1 is 1.22 bits per heavy atom. The van der Waals surface area contributed by atoms with Gasteiger partial charge in [0.2, 0.25) is 0 Å². The number of hydrogen-bond donors (Lipinski definition) is 1. The number of benzene rings is 1. The maximum Gasteiger partial charge on any atom is 0.263 e. The highest BCUT2D eigenvalue weighted by molar-refractivity contribution is 5.93. The van der Waals surface area contributed by atoms with E-state index in [1.165, 1.54) is 5.57 Å². The molecule has 1 aromatic rings. The first-order chi connectivity index (χ1) is 12.9. The van der Waals surface area contributed by atoms with Gasteiger partial charge in [-0.3, -0.25) is 4.99 Å². The maximum atomic E-state index is 13.0. The Morgan fingerprint density at radius 3 is 2.52 bits per heavy atom. The summed E-state index contributed by atoms with van der Waals surface area (Å²) in [5.41, 5.74) is 3.40. The number of piperazine rings is 1. The molecule has 1 aliphatic rings. The first kappa shape index (κ1) is 21.5. The van der Waals surface area contributed by atoms with E-state index in [0.717, 1.165) is 62.4 Å². The van der Waals surface area contributed by atoms with Crippen molar-refractivity contribution in [1.82, 2.24) is 10.2 Å². The number of rotatable bonds is 7. The Kier molecular flexibility index (Phi) is 8.42. The molecule has 2 rings (SSSR count). The van der Waals surface area contributed by atoms with Crippen LogP contribution in [0.25, 0.3) is 0 Å². The van der Waals surface area contributed by atoms with Gasteiger partial charge >= 0.3 is 0 Å². The van der Waals surface area contributed by atoms with Gasteiger partial charge in [-0.15, -0.1) is 0 Å². The molecule has 1 N–H and O–H groups in total. The first-order valence-corrected chi connectivity index (χ1v) is 9.92. The summed E-state index contributed by atoms with van der Waals surface area (Å²) in [7, 11) is 1.85. The predicted octanol–water partition coefficient (Wildman–Crippen LogP) is 4.77. The monoisotopic (exact) mass is 377 g/mol. The summed E-state index contributed by atoms with van der Waals surface area (Å²) in [6.45, 7) is 10.2. The highest BCUT2D eigenvalue weighted by atomic mass is 19.3. The summed E-state index contributed by atoms with van der Waals surface area (Å²) in [6.07, 6.45) is 2.56. The van der Waals surface area contributed by atoms with Crippen LogP contribution in [0.3, 0.4) is 0 Å². The van der Waals surface area contributed by atoms with Crippen LogP contribution in [-0.4, -0.2) is 44.0 Å². The number of allylic oxidation sites excluding steroid dienone is 1. The Bertz CT molecular complexity index is 660. The average molecular weight is 378 g/mol. The summed E-state index contributed by atoms with van der Waals surface area (Å²) in [5, 5.41) is 3.37. The van der Waals surface area contributed by atoms with Gasteiger partial charge in [-0.2, -0.15) is 0 Å². The van der Waals surface area contributed by atoms with Crippen molar-refractivity contribution in [1.29, 1.82) is 0 Å². The lowest BCUT2D eigenvalue weighted by atomic mass is 9.94. The molecule has 0 amide bonds. The van der Waals surface area contributed by atoms with Gasteiger partial charge in [-0.05, 0) is 43.7 Å². The number of aliphatic imine (C=N–C) groups is 1. The molecule has 0 aromatic heterocycles. The van der Waals surface area contributed by atoms with Crippen molar-refractivity contribution in [2.24, 2.45) is 10.9 Å². The molecule has 0 aliphatic carbocycles. The first-order valence-electron chi connectivity index (χ1n) is 9.92. The third kappa shape index (κ3) is 6.73. The zero-order chi connectivity index (χ0) is 19.8. The van der Waals surface area contributed by atoms with E-state index in [4.69, 9.17) is 0 Å². The SMILES string of the molecule is CN=C(/C=C(\CCCc1cc(C)cc(C(F)F)c1)C(C)C)N1CCNCC1. The Balaban J connectivity index is 2.02. The topological polar surface area (TPSA) is 27.6 Å². The third-order valence-corrected chi connectivity index (χ3v) is 5.07. The zero-order valence-corrected chi connectivity index (χ0v) is 17.1. The largest absolute Gasteiger partial charge is 0.354 e. The van der Waals surface area contributed by atoms with Crippen LogP contribution in [0, 0.1) is 12.8 Å². The fraction of sp³-hybridized carbons (Fsp3) is 0.591. The number of nitrogens with zero attached hydrogens (tertiary/aromatic N) is 2. The molecule has 5 heteroatoms. The van der Waals surface area contributed by atoms with Crippen LogP contribution in [-0.2, 0) is 6.42 Å². The molecule has 0 radical (unpaired) electrons. The Morgan fingerprint density at radius 2 is 1.93 bits per heavy atom. The Hall–Kier alpha value is -1.75. The van der Waals surface area contributed by atoms with Crippen molar-refractivity contribution in [3.8, 4) is 0 Å². The Labute approximate surface area is 162 Å². The van der Waals surface area contributed by atoms with Crippen LogP contribution in [0.15, 0.2) is 34.8 Å². The van der Waals surface area contributed by atoms with Crippen molar-refractivity contribution < 1.29 is 8.78 Å². The molecule has 1 heterocycles. The number of aryl methyl sites for hydroxylation is 2. The normalized spacial score (nSPS) is 16.5. The van der Waals surface area contributed by atoms with Crippen molar-refractivity contribution in [2.45, 2.75) is 46.5 Å². The third-order valence-electron chi connectivity index (χ3n) is 5.07. The highest BCUT2D eigenvalue weighted by Crippen LogP contribution is 2.24. The van der Waals surface area contributed by atoms with Crippen LogP contribution in [0.2, 0.25) is 0 Å². The fourth-order valence-electron chi connectivity index (χ4n) is 3.55. The van der Waals surface area contributed by atoms with E-state index in [1.54, 1.807) is 12.1 Å².